The maximum absolute atomic E-state index is 11.4. The van der Waals surface area contributed by atoms with E-state index in [-0.39, 0.29) is 35.8 Å². The van der Waals surface area contributed by atoms with Gasteiger partial charge in [0.25, 0.3) is 0 Å². The first-order valence-electron chi connectivity index (χ1n) is 9.34. The van der Waals surface area contributed by atoms with E-state index in [4.69, 9.17) is 11.5 Å². The van der Waals surface area contributed by atoms with E-state index in [2.05, 4.69) is 39.1 Å². The lowest BCUT2D eigenvalue weighted by Gasteiger charge is -2.31. The molecule has 27 heavy (non-hydrogen) atoms. The minimum atomic E-state index is -0.177. The zero-order valence-corrected chi connectivity index (χ0v) is 18.8. The molecule has 1 atom stereocenters. The molecule has 150 valence electrons. The molecule has 1 unspecified atom stereocenters. The number of thioether (sulfide) groups is 1. The van der Waals surface area contributed by atoms with Gasteiger partial charge in [-0.05, 0) is 30.5 Å². The topological polar surface area (TPSA) is 88.0 Å². The number of aliphatic imine (C=N–C) groups is 1. The third-order valence-electron chi connectivity index (χ3n) is 5.06. The molecule has 0 saturated carbocycles. The molecule has 2 heterocycles. The predicted octanol–water partition coefficient (Wildman–Crippen LogP) is 1.87. The molecule has 8 heteroatoms. The first-order chi connectivity index (χ1) is 12.6. The van der Waals surface area contributed by atoms with Gasteiger partial charge in [-0.15, -0.1) is 24.0 Å². The van der Waals surface area contributed by atoms with Crippen LogP contribution in [0.25, 0.3) is 0 Å². The monoisotopic (exact) mass is 503 g/mol. The quantitative estimate of drug-likeness (QED) is 0.364. The Labute approximate surface area is 183 Å². The highest BCUT2D eigenvalue weighted by Gasteiger charge is 2.23. The molecule has 1 aromatic rings. The number of hydrogen-bond donors (Lipinski definition) is 2. The molecule has 0 aromatic heterocycles. The number of likely N-dealkylation sites (tertiary alicyclic amines) is 1. The SMILES string of the molecule is I.NC(=O)C1CCCN(Cc2cccc(CN=C(N)N3CCSCC3)c2)C1. The lowest BCUT2D eigenvalue weighted by molar-refractivity contribution is -0.123. The number of amides is 1. The Kier molecular flexibility index (Phi) is 9.17. The van der Waals surface area contributed by atoms with Crippen LogP contribution >= 0.6 is 35.7 Å². The van der Waals surface area contributed by atoms with Crippen molar-refractivity contribution < 1.29 is 4.79 Å². The summed E-state index contributed by atoms with van der Waals surface area (Å²) in [6.07, 6.45) is 1.94. The van der Waals surface area contributed by atoms with Gasteiger partial charge in [-0.3, -0.25) is 9.69 Å². The molecule has 2 saturated heterocycles. The van der Waals surface area contributed by atoms with E-state index in [1.54, 1.807) is 0 Å². The van der Waals surface area contributed by atoms with Crippen molar-refractivity contribution in [3.63, 3.8) is 0 Å². The molecule has 2 aliphatic rings. The number of guanidine groups is 1. The van der Waals surface area contributed by atoms with Gasteiger partial charge in [0.1, 0.15) is 0 Å². The van der Waals surface area contributed by atoms with Crippen molar-refractivity contribution in [2.45, 2.75) is 25.9 Å². The maximum atomic E-state index is 11.4. The van der Waals surface area contributed by atoms with Gasteiger partial charge in [0.2, 0.25) is 5.91 Å². The van der Waals surface area contributed by atoms with Crippen molar-refractivity contribution >= 4 is 47.6 Å². The van der Waals surface area contributed by atoms with Crippen molar-refractivity contribution in [1.82, 2.24) is 9.80 Å². The highest BCUT2D eigenvalue weighted by atomic mass is 127. The molecule has 1 aromatic carbocycles. The molecule has 2 aliphatic heterocycles. The molecule has 2 fully saturated rings. The van der Waals surface area contributed by atoms with E-state index in [0.29, 0.717) is 12.5 Å². The van der Waals surface area contributed by atoms with Crippen molar-refractivity contribution in [1.29, 1.82) is 0 Å². The van der Waals surface area contributed by atoms with Gasteiger partial charge in [0.05, 0.1) is 12.5 Å². The van der Waals surface area contributed by atoms with E-state index in [1.807, 2.05) is 11.8 Å². The first kappa shape index (κ1) is 22.3. The number of piperidine rings is 1. The lowest BCUT2D eigenvalue weighted by atomic mass is 9.97. The number of halogens is 1. The largest absolute Gasteiger partial charge is 0.370 e. The maximum Gasteiger partial charge on any atom is 0.221 e. The summed E-state index contributed by atoms with van der Waals surface area (Å²) >= 11 is 1.97. The van der Waals surface area contributed by atoms with Crippen LogP contribution in [0.1, 0.15) is 24.0 Å². The van der Waals surface area contributed by atoms with Crippen LogP contribution in [0, 0.1) is 5.92 Å². The van der Waals surface area contributed by atoms with Crippen LogP contribution in [0.4, 0.5) is 0 Å². The highest BCUT2D eigenvalue weighted by Crippen LogP contribution is 2.19. The third-order valence-corrected chi connectivity index (χ3v) is 6.01. The minimum absolute atomic E-state index is 0. The molecule has 4 N–H and O–H groups in total. The van der Waals surface area contributed by atoms with Crippen molar-refractivity contribution in [2.75, 3.05) is 37.7 Å². The van der Waals surface area contributed by atoms with Gasteiger partial charge < -0.3 is 16.4 Å². The number of carbonyl (C=O) groups excluding carboxylic acids is 1. The van der Waals surface area contributed by atoms with Crippen LogP contribution in [-0.4, -0.2) is 59.4 Å². The van der Waals surface area contributed by atoms with E-state index < -0.39 is 0 Å². The summed E-state index contributed by atoms with van der Waals surface area (Å²) in [6, 6.07) is 8.49. The molecule has 0 spiro atoms. The first-order valence-corrected chi connectivity index (χ1v) is 10.5. The van der Waals surface area contributed by atoms with Gasteiger partial charge in [0, 0.05) is 37.7 Å². The molecule has 6 nitrogen and oxygen atoms in total. The van der Waals surface area contributed by atoms with Gasteiger partial charge in [-0.2, -0.15) is 11.8 Å². The molecule has 3 rings (SSSR count). The van der Waals surface area contributed by atoms with E-state index in [1.165, 1.54) is 11.1 Å². The second-order valence-corrected chi connectivity index (χ2v) is 8.30. The summed E-state index contributed by atoms with van der Waals surface area (Å²) in [5.41, 5.74) is 14.0. The summed E-state index contributed by atoms with van der Waals surface area (Å²) in [5, 5.41) is 0. The zero-order valence-electron chi connectivity index (χ0n) is 15.7. The number of benzene rings is 1. The predicted molar refractivity (Wildman–Crippen MR) is 123 cm³/mol. The van der Waals surface area contributed by atoms with Crippen LogP contribution in [0.2, 0.25) is 0 Å². The fraction of sp³-hybridized carbons (Fsp3) is 0.579. The fourth-order valence-corrected chi connectivity index (χ4v) is 4.48. The Hall–Kier alpha value is -1.00. The standard InChI is InChI=1S/C19H29N5OS.HI/c20-18(25)17-5-2-6-23(14-17)13-16-4-1-3-15(11-16)12-22-19(21)24-7-9-26-10-8-24;/h1,3-4,11,17H,2,5-10,12-14H2,(H2,20,25)(H2,21,22);1H. The molecule has 0 bridgehead atoms. The highest BCUT2D eigenvalue weighted by molar-refractivity contribution is 14.0. The molecular formula is C19H30IN5OS. The number of carbonyl (C=O) groups is 1. The number of nitrogens with two attached hydrogens (primary N) is 2. The Morgan fingerprint density at radius 3 is 2.67 bits per heavy atom. The molecule has 0 radical (unpaired) electrons. The van der Waals surface area contributed by atoms with Crippen molar-refractivity contribution in [3.05, 3.63) is 35.4 Å². The Morgan fingerprint density at radius 1 is 1.19 bits per heavy atom. The second-order valence-electron chi connectivity index (χ2n) is 7.07. The van der Waals surface area contributed by atoms with Gasteiger partial charge in [-0.25, -0.2) is 4.99 Å². The van der Waals surface area contributed by atoms with E-state index in [0.717, 1.165) is 57.1 Å². The van der Waals surface area contributed by atoms with Crippen LogP contribution in [0.3, 0.4) is 0 Å². The van der Waals surface area contributed by atoms with Crippen LogP contribution in [-0.2, 0) is 17.9 Å². The zero-order chi connectivity index (χ0) is 18.4. The van der Waals surface area contributed by atoms with Gasteiger partial charge in [0.15, 0.2) is 5.96 Å². The fourth-order valence-electron chi connectivity index (χ4n) is 3.58. The number of nitrogens with zero attached hydrogens (tertiary/aromatic N) is 3. The minimum Gasteiger partial charge on any atom is -0.370 e. The summed E-state index contributed by atoms with van der Waals surface area (Å²) in [6.45, 7) is 5.20. The molecule has 0 aliphatic carbocycles. The van der Waals surface area contributed by atoms with Crippen molar-refractivity contribution in [2.24, 2.45) is 22.4 Å². The summed E-state index contributed by atoms with van der Waals surface area (Å²) in [5.74, 6) is 2.70. The second kappa shape index (κ2) is 11.1. The Balaban J connectivity index is 0.00000261. The normalized spacial score (nSPS) is 21.6. The Bertz CT molecular complexity index is 651. The number of rotatable bonds is 5. The third kappa shape index (κ3) is 6.83. The van der Waals surface area contributed by atoms with Gasteiger partial charge in [-0.1, -0.05) is 24.3 Å². The summed E-state index contributed by atoms with van der Waals surface area (Å²) in [7, 11) is 0. The summed E-state index contributed by atoms with van der Waals surface area (Å²) in [4.78, 5) is 20.5. The average molecular weight is 503 g/mol. The molecular weight excluding hydrogens is 473 g/mol. The smallest absolute Gasteiger partial charge is 0.221 e. The van der Waals surface area contributed by atoms with Crippen molar-refractivity contribution in [3.8, 4) is 0 Å². The summed E-state index contributed by atoms with van der Waals surface area (Å²) < 4.78 is 0. The number of primary amides is 1. The lowest BCUT2D eigenvalue weighted by Crippen LogP contribution is -2.42. The molecule has 1 amide bonds. The van der Waals surface area contributed by atoms with Crippen LogP contribution in [0.5, 0.6) is 0 Å². The number of hydrogen-bond acceptors (Lipinski definition) is 4. The Morgan fingerprint density at radius 2 is 1.93 bits per heavy atom. The van der Waals surface area contributed by atoms with E-state index in [9.17, 15) is 4.79 Å². The van der Waals surface area contributed by atoms with Crippen LogP contribution < -0.4 is 11.5 Å². The van der Waals surface area contributed by atoms with Gasteiger partial charge >= 0.3 is 0 Å². The van der Waals surface area contributed by atoms with Crippen LogP contribution in [0.15, 0.2) is 29.3 Å². The average Bonchev–Trinajstić information content (AvgIpc) is 2.67. The van der Waals surface area contributed by atoms with E-state index >= 15 is 0 Å².